The van der Waals surface area contributed by atoms with Crippen molar-refractivity contribution in [2.45, 2.75) is 39.8 Å². The maximum Gasteiger partial charge on any atom is 0.273 e. The Morgan fingerprint density at radius 1 is 1.44 bits per heavy atom. The van der Waals surface area contributed by atoms with Crippen molar-refractivity contribution in [1.82, 2.24) is 10.3 Å². The van der Waals surface area contributed by atoms with Crippen molar-refractivity contribution in [2.75, 3.05) is 11.5 Å². The van der Waals surface area contributed by atoms with Crippen LogP contribution in [-0.4, -0.2) is 29.4 Å². The number of amides is 2. The normalized spacial score (nSPS) is 14.7. The zero-order valence-corrected chi connectivity index (χ0v) is 14.5. The molecule has 132 valence electrons. The summed E-state index contributed by atoms with van der Waals surface area (Å²) in [4.78, 5) is 30.1. The summed E-state index contributed by atoms with van der Waals surface area (Å²) in [6.07, 6.45) is 2.14. The van der Waals surface area contributed by atoms with E-state index in [-0.39, 0.29) is 36.7 Å². The fourth-order valence-corrected chi connectivity index (χ4v) is 2.51. The molecule has 0 aliphatic carbocycles. The molecular formula is C18H21N3O4. The van der Waals surface area contributed by atoms with Gasteiger partial charge in [0.2, 0.25) is 5.89 Å². The van der Waals surface area contributed by atoms with Crippen molar-refractivity contribution >= 4 is 17.5 Å². The minimum absolute atomic E-state index is 0.0296. The largest absolute Gasteiger partial charge is 0.482 e. The van der Waals surface area contributed by atoms with Gasteiger partial charge in [-0.25, -0.2) is 4.98 Å². The molecule has 25 heavy (non-hydrogen) atoms. The lowest BCUT2D eigenvalue weighted by atomic mass is 10.1. The Morgan fingerprint density at radius 2 is 2.24 bits per heavy atom. The molecule has 1 unspecified atom stereocenters. The number of aryl methyl sites for hydroxylation is 1. The van der Waals surface area contributed by atoms with Gasteiger partial charge in [-0.15, -0.1) is 0 Å². The van der Waals surface area contributed by atoms with E-state index in [9.17, 15) is 9.59 Å². The second kappa shape index (κ2) is 6.96. The average Bonchev–Trinajstić information content (AvgIpc) is 3.06. The molecule has 1 atom stereocenters. The van der Waals surface area contributed by atoms with Crippen LogP contribution in [0, 0.1) is 6.92 Å². The second-order valence-corrected chi connectivity index (χ2v) is 6.15. The first-order valence-electron chi connectivity index (χ1n) is 8.27. The summed E-state index contributed by atoms with van der Waals surface area (Å²) < 4.78 is 10.8. The Balaban J connectivity index is 1.78. The van der Waals surface area contributed by atoms with Crippen LogP contribution in [0.2, 0.25) is 0 Å². The fraction of sp³-hybridized carbons (Fsp3) is 0.389. The molecule has 0 bridgehead atoms. The maximum atomic E-state index is 12.2. The molecule has 0 spiro atoms. The third-order valence-electron chi connectivity index (χ3n) is 4.13. The van der Waals surface area contributed by atoms with Crippen LogP contribution < -0.4 is 15.0 Å². The third-order valence-corrected chi connectivity index (χ3v) is 4.13. The Hall–Kier alpha value is -2.83. The highest BCUT2D eigenvalue weighted by Gasteiger charge is 2.27. The van der Waals surface area contributed by atoms with E-state index in [2.05, 4.69) is 10.3 Å². The summed E-state index contributed by atoms with van der Waals surface area (Å²) in [6, 6.07) is 5.70. The molecule has 7 nitrogen and oxygen atoms in total. The van der Waals surface area contributed by atoms with Crippen LogP contribution in [0.3, 0.4) is 0 Å². The minimum atomic E-state index is -0.283. The number of aromatic nitrogens is 1. The zero-order valence-electron chi connectivity index (χ0n) is 14.5. The van der Waals surface area contributed by atoms with E-state index in [1.54, 1.807) is 4.90 Å². The summed E-state index contributed by atoms with van der Waals surface area (Å²) in [5.41, 5.74) is 1.91. The molecular weight excluding hydrogens is 322 g/mol. The molecule has 1 aliphatic rings. The van der Waals surface area contributed by atoms with Crippen LogP contribution >= 0.6 is 0 Å². The number of carbonyl (C=O) groups is 2. The van der Waals surface area contributed by atoms with Crippen LogP contribution in [0.5, 0.6) is 5.75 Å². The molecule has 1 aliphatic heterocycles. The first kappa shape index (κ1) is 17.0. The number of anilines is 1. The topological polar surface area (TPSA) is 84.7 Å². The number of nitrogens with one attached hydrogen (secondary N) is 1. The first-order valence-corrected chi connectivity index (χ1v) is 8.27. The quantitative estimate of drug-likeness (QED) is 0.901. The van der Waals surface area contributed by atoms with Gasteiger partial charge >= 0.3 is 0 Å². The Morgan fingerprint density at radius 3 is 3.00 bits per heavy atom. The van der Waals surface area contributed by atoms with Gasteiger partial charge in [-0.1, -0.05) is 13.0 Å². The third kappa shape index (κ3) is 3.65. The Bertz CT molecular complexity index is 799. The number of oxazole rings is 1. The van der Waals surface area contributed by atoms with E-state index in [0.717, 1.165) is 12.0 Å². The van der Waals surface area contributed by atoms with Gasteiger partial charge in [-0.2, -0.15) is 0 Å². The van der Waals surface area contributed by atoms with Gasteiger partial charge in [0.25, 0.3) is 11.8 Å². The van der Waals surface area contributed by atoms with Gasteiger partial charge in [0.15, 0.2) is 12.3 Å². The van der Waals surface area contributed by atoms with Crippen molar-refractivity contribution in [3.8, 4) is 5.75 Å². The zero-order chi connectivity index (χ0) is 18.0. The van der Waals surface area contributed by atoms with Crippen LogP contribution in [0.1, 0.15) is 42.2 Å². The van der Waals surface area contributed by atoms with Crippen LogP contribution in [-0.2, 0) is 11.3 Å². The number of ether oxygens (including phenoxy) is 1. The number of hydrogen-bond donors (Lipinski definition) is 1. The van der Waals surface area contributed by atoms with Crippen molar-refractivity contribution in [1.29, 1.82) is 0 Å². The van der Waals surface area contributed by atoms with Gasteiger partial charge in [-0.05, 0) is 38.0 Å². The SMILES string of the molecule is CCC(C)NC(=O)c1coc(CN2C(=O)COc3ccc(C)cc32)n1. The number of fused-ring (bicyclic) bond motifs is 1. The Kier molecular flexibility index (Phi) is 4.74. The van der Waals surface area contributed by atoms with Crippen molar-refractivity contribution in [3.63, 3.8) is 0 Å². The summed E-state index contributed by atoms with van der Waals surface area (Å²) in [7, 11) is 0. The molecule has 0 fully saturated rings. The molecule has 1 N–H and O–H groups in total. The van der Waals surface area contributed by atoms with Crippen LogP contribution in [0.15, 0.2) is 28.9 Å². The van der Waals surface area contributed by atoms with Crippen LogP contribution in [0.25, 0.3) is 0 Å². The molecule has 3 rings (SSSR count). The molecule has 2 aromatic rings. The van der Waals surface area contributed by atoms with Gasteiger partial charge in [0, 0.05) is 6.04 Å². The van der Waals surface area contributed by atoms with Gasteiger partial charge in [0.1, 0.15) is 18.6 Å². The fourth-order valence-electron chi connectivity index (χ4n) is 2.51. The van der Waals surface area contributed by atoms with Crippen LogP contribution in [0.4, 0.5) is 5.69 Å². The minimum Gasteiger partial charge on any atom is -0.482 e. The maximum absolute atomic E-state index is 12.2. The number of benzene rings is 1. The molecule has 0 saturated carbocycles. The average molecular weight is 343 g/mol. The van der Waals surface area contributed by atoms with E-state index in [1.165, 1.54) is 6.26 Å². The summed E-state index contributed by atoms with van der Waals surface area (Å²) in [5.74, 6) is 0.485. The molecule has 2 amide bonds. The highest BCUT2D eigenvalue weighted by Crippen LogP contribution is 2.33. The highest BCUT2D eigenvalue weighted by molar-refractivity contribution is 5.97. The second-order valence-electron chi connectivity index (χ2n) is 6.15. The van der Waals surface area contributed by atoms with E-state index >= 15 is 0 Å². The molecule has 0 saturated heterocycles. The number of carbonyl (C=O) groups excluding carboxylic acids is 2. The lowest BCUT2D eigenvalue weighted by Crippen LogP contribution is -2.38. The van der Waals surface area contributed by atoms with Crippen molar-refractivity contribution < 1.29 is 18.7 Å². The molecule has 1 aromatic heterocycles. The molecule has 1 aromatic carbocycles. The van der Waals surface area contributed by atoms with Gasteiger partial charge in [0.05, 0.1) is 5.69 Å². The Labute approximate surface area is 146 Å². The lowest BCUT2D eigenvalue weighted by Gasteiger charge is -2.28. The summed E-state index contributed by atoms with van der Waals surface area (Å²) >= 11 is 0. The van der Waals surface area contributed by atoms with Crippen molar-refractivity contribution in [3.05, 3.63) is 41.6 Å². The summed E-state index contributed by atoms with van der Waals surface area (Å²) in [5, 5.41) is 2.83. The molecule has 2 heterocycles. The van der Waals surface area contributed by atoms with Gasteiger partial charge in [-0.3, -0.25) is 14.5 Å². The predicted octanol–water partition coefficient (Wildman–Crippen LogP) is 2.44. The van der Waals surface area contributed by atoms with E-state index in [0.29, 0.717) is 17.3 Å². The molecule has 0 radical (unpaired) electrons. The van der Waals surface area contributed by atoms with Gasteiger partial charge < -0.3 is 14.5 Å². The lowest BCUT2D eigenvalue weighted by molar-refractivity contribution is -0.121. The van der Waals surface area contributed by atoms with E-state index < -0.39 is 0 Å². The monoisotopic (exact) mass is 343 g/mol. The number of hydrogen-bond acceptors (Lipinski definition) is 5. The first-order chi connectivity index (χ1) is 12.0. The van der Waals surface area contributed by atoms with E-state index in [4.69, 9.17) is 9.15 Å². The highest BCUT2D eigenvalue weighted by atomic mass is 16.5. The smallest absolute Gasteiger partial charge is 0.273 e. The number of nitrogens with zero attached hydrogens (tertiary/aromatic N) is 2. The standard InChI is InChI=1S/C18H21N3O4/c1-4-12(3)19-18(23)13-9-25-16(20-13)8-21-14-7-11(2)5-6-15(14)24-10-17(21)22/h5-7,9,12H,4,8,10H2,1-3H3,(H,19,23). The van der Waals surface area contributed by atoms with E-state index in [1.807, 2.05) is 39.0 Å². The predicted molar refractivity (Wildman–Crippen MR) is 91.6 cm³/mol. The summed E-state index contributed by atoms with van der Waals surface area (Å²) in [6.45, 7) is 5.97. The van der Waals surface area contributed by atoms with Crippen molar-refractivity contribution in [2.24, 2.45) is 0 Å². The molecule has 7 heteroatoms. The number of rotatable bonds is 5.